The van der Waals surface area contributed by atoms with Crippen molar-refractivity contribution in [3.05, 3.63) is 47.6 Å². The van der Waals surface area contributed by atoms with Gasteiger partial charge in [-0.25, -0.2) is 13.5 Å². The van der Waals surface area contributed by atoms with E-state index in [0.29, 0.717) is 5.70 Å². The summed E-state index contributed by atoms with van der Waals surface area (Å²) in [5.74, 6) is -1.08. The Hall–Kier alpha value is -1.60. The van der Waals surface area contributed by atoms with Crippen LogP contribution in [0.5, 0.6) is 0 Å². The lowest BCUT2D eigenvalue weighted by molar-refractivity contribution is -0.119. The van der Waals surface area contributed by atoms with E-state index < -0.39 is 34.0 Å². The van der Waals surface area contributed by atoms with Crippen molar-refractivity contribution in [2.75, 3.05) is 0 Å². The van der Waals surface area contributed by atoms with Crippen LogP contribution in [0.15, 0.2) is 47.6 Å². The molecule has 0 fully saturated rings. The van der Waals surface area contributed by atoms with Crippen molar-refractivity contribution in [2.45, 2.75) is 51.5 Å². The molecular formula is C17H24F2N2O2S. The van der Waals surface area contributed by atoms with Gasteiger partial charge in [-0.05, 0) is 45.9 Å². The van der Waals surface area contributed by atoms with Crippen molar-refractivity contribution < 1.29 is 18.1 Å². The maximum atomic E-state index is 13.5. The van der Waals surface area contributed by atoms with Gasteiger partial charge < -0.3 is 9.87 Å². The first-order chi connectivity index (χ1) is 11.1. The second-order valence-electron chi connectivity index (χ2n) is 6.28. The highest BCUT2D eigenvalue weighted by Gasteiger charge is 2.26. The Kier molecular flexibility index (Phi) is 7.69. The van der Waals surface area contributed by atoms with E-state index in [1.54, 1.807) is 25.2 Å². The van der Waals surface area contributed by atoms with Crippen molar-refractivity contribution >= 4 is 17.3 Å². The highest BCUT2D eigenvalue weighted by Crippen LogP contribution is 2.20. The molecule has 1 amide bonds. The average molecular weight is 358 g/mol. The summed E-state index contributed by atoms with van der Waals surface area (Å²) in [5, 5.41) is 2.41. The average Bonchev–Trinajstić information content (AvgIpc) is 2.48. The number of allylic oxidation sites excluding steroid dienone is 5. The molecule has 1 aliphatic carbocycles. The zero-order chi connectivity index (χ0) is 18.3. The topological polar surface area (TPSA) is 64.2 Å². The highest BCUT2D eigenvalue weighted by atomic mass is 32.2. The molecule has 0 aliphatic heterocycles. The van der Waals surface area contributed by atoms with Crippen LogP contribution in [0.3, 0.4) is 0 Å². The molecule has 0 bridgehead atoms. The Labute approximate surface area is 145 Å². The number of rotatable bonds is 6. The number of carbonyl (C=O) groups excluding carboxylic acids is 1. The summed E-state index contributed by atoms with van der Waals surface area (Å²) < 4.78 is 40.9. The molecule has 0 saturated carbocycles. The van der Waals surface area contributed by atoms with Crippen LogP contribution in [0.4, 0.5) is 8.78 Å². The summed E-state index contributed by atoms with van der Waals surface area (Å²) in [6.07, 6.45) is 5.72. The maximum Gasteiger partial charge on any atom is 0.228 e. The molecule has 134 valence electrons. The van der Waals surface area contributed by atoms with Gasteiger partial charge in [0, 0.05) is 12.8 Å². The number of nitrogens with one attached hydrogen (secondary N) is 2. The van der Waals surface area contributed by atoms with E-state index in [-0.39, 0.29) is 18.5 Å². The summed E-state index contributed by atoms with van der Waals surface area (Å²) in [5.41, 5.74) is 0.625. The van der Waals surface area contributed by atoms with E-state index in [0.717, 1.165) is 0 Å². The second-order valence-corrected chi connectivity index (χ2v) is 8.25. The van der Waals surface area contributed by atoms with Crippen molar-refractivity contribution in [3.63, 3.8) is 0 Å². The summed E-state index contributed by atoms with van der Waals surface area (Å²) in [6, 6.07) is 0. The fourth-order valence-corrected chi connectivity index (χ4v) is 2.40. The molecule has 24 heavy (non-hydrogen) atoms. The third-order valence-electron chi connectivity index (χ3n) is 3.09. The smallest absolute Gasteiger partial charge is 0.228 e. The van der Waals surface area contributed by atoms with E-state index in [4.69, 9.17) is 0 Å². The molecular weight excluding hydrogens is 334 g/mol. The Balaban J connectivity index is 2.52. The monoisotopic (exact) mass is 358 g/mol. The van der Waals surface area contributed by atoms with Crippen LogP contribution in [0.25, 0.3) is 0 Å². The molecule has 7 heteroatoms. The van der Waals surface area contributed by atoms with Gasteiger partial charge in [0.05, 0.1) is 22.8 Å². The normalized spacial score (nSPS) is 20.5. The van der Waals surface area contributed by atoms with E-state index in [1.165, 1.54) is 12.2 Å². The number of carbonyl (C=O) groups is 1. The van der Waals surface area contributed by atoms with E-state index in [9.17, 15) is 18.1 Å². The first kappa shape index (κ1) is 20.4. The SMILES string of the molecule is C/C=C(\C=C/CC(=O)NC1=C(F)CC(F)C=C1)N[S+]([O-])C(C)(C)C. The van der Waals surface area contributed by atoms with Gasteiger partial charge in [0.15, 0.2) is 0 Å². The first-order valence-corrected chi connectivity index (χ1v) is 8.80. The second kappa shape index (κ2) is 9.03. The molecule has 4 nitrogen and oxygen atoms in total. The Morgan fingerprint density at radius 2 is 2.17 bits per heavy atom. The lowest BCUT2D eigenvalue weighted by Gasteiger charge is -2.24. The molecule has 0 spiro atoms. The Bertz CT molecular complexity index is 578. The summed E-state index contributed by atoms with van der Waals surface area (Å²) in [7, 11) is 0. The van der Waals surface area contributed by atoms with Crippen LogP contribution in [0.1, 0.15) is 40.5 Å². The largest absolute Gasteiger partial charge is 0.593 e. The fraction of sp³-hybridized carbons (Fsp3) is 0.471. The number of alkyl halides is 1. The summed E-state index contributed by atoms with van der Waals surface area (Å²) >= 11 is -1.27. The Morgan fingerprint density at radius 3 is 2.71 bits per heavy atom. The van der Waals surface area contributed by atoms with Gasteiger partial charge in [0.25, 0.3) is 0 Å². The van der Waals surface area contributed by atoms with Gasteiger partial charge in [-0.2, -0.15) is 0 Å². The lowest BCUT2D eigenvalue weighted by atomic mass is 10.1. The number of hydrogen-bond acceptors (Lipinski definition) is 3. The van der Waals surface area contributed by atoms with Crippen LogP contribution in [-0.2, 0) is 16.2 Å². The fourth-order valence-electron chi connectivity index (χ4n) is 1.69. The summed E-state index contributed by atoms with van der Waals surface area (Å²) in [4.78, 5) is 11.8. The van der Waals surface area contributed by atoms with Gasteiger partial charge in [-0.3, -0.25) is 4.79 Å². The van der Waals surface area contributed by atoms with Gasteiger partial charge in [-0.1, -0.05) is 12.2 Å². The molecule has 0 aromatic rings. The van der Waals surface area contributed by atoms with Crippen LogP contribution in [-0.4, -0.2) is 21.4 Å². The molecule has 0 radical (unpaired) electrons. The number of hydrogen-bond donors (Lipinski definition) is 2. The van der Waals surface area contributed by atoms with Crippen LogP contribution in [0.2, 0.25) is 0 Å². The summed E-state index contributed by atoms with van der Waals surface area (Å²) in [6.45, 7) is 7.33. The molecule has 1 rings (SSSR count). The number of halogens is 2. The van der Waals surface area contributed by atoms with E-state index in [1.807, 2.05) is 20.8 Å². The third kappa shape index (κ3) is 6.88. The molecule has 0 aromatic heterocycles. The van der Waals surface area contributed by atoms with Crippen LogP contribution in [0, 0.1) is 0 Å². The maximum absolute atomic E-state index is 13.5. The highest BCUT2D eigenvalue weighted by molar-refractivity contribution is 7.90. The number of amides is 1. The van der Waals surface area contributed by atoms with Gasteiger partial charge >= 0.3 is 0 Å². The molecule has 0 heterocycles. The first-order valence-electron chi connectivity index (χ1n) is 7.65. The van der Waals surface area contributed by atoms with Crippen LogP contribution >= 0.6 is 0 Å². The zero-order valence-corrected chi connectivity index (χ0v) is 15.2. The minimum Gasteiger partial charge on any atom is -0.593 e. The van der Waals surface area contributed by atoms with Gasteiger partial charge in [0.2, 0.25) is 5.91 Å². The van der Waals surface area contributed by atoms with Crippen molar-refractivity contribution in [3.8, 4) is 0 Å². The molecule has 2 N–H and O–H groups in total. The van der Waals surface area contributed by atoms with E-state index in [2.05, 4.69) is 10.0 Å². The minimum absolute atomic E-state index is 0.000480. The van der Waals surface area contributed by atoms with Crippen LogP contribution < -0.4 is 10.0 Å². The van der Waals surface area contributed by atoms with Crippen molar-refractivity contribution in [2.24, 2.45) is 0 Å². The molecule has 2 atom stereocenters. The predicted octanol–water partition coefficient (Wildman–Crippen LogP) is 3.48. The lowest BCUT2D eigenvalue weighted by Crippen LogP contribution is -2.38. The quantitative estimate of drug-likeness (QED) is 0.564. The van der Waals surface area contributed by atoms with Gasteiger partial charge in [-0.15, -0.1) is 0 Å². The molecule has 0 aromatic carbocycles. The minimum atomic E-state index is -1.35. The van der Waals surface area contributed by atoms with Crippen molar-refractivity contribution in [1.29, 1.82) is 0 Å². The van der Waals surface area contributed by atoms with Gasteiger partial charge in [0.1, 0.15) is 16.7 Å². The Morgan fingerprint density at radius 1 is 1.50 bits per heavy atom. The third-order valence-corrected chi connectivity index (χ3v) is 4.62. The zero-order valence-electron chi connectivity index (χ0n) is 14.4. The molecule has 2 unspecified atom stereocenters. The standard InChI is InChI=1S/C17H24F2N2O2S/c1-5-13(21-24(23)17(2,3)4)7-6-8-16(22)20-15-10-9-12(18)11-14(15)19/h5-7,9-10,12,21H,8,11H2,1-4H3,(H,20,22)/b7-6-,13-5+. The van der Waals surface area contributed by atoms with Crippen molar-refractivity contribution in [1.82, 2.24) is 10.0 Å². The predicted molar refractivity (Wildman–Crippen MR) is 93.5 cm³/mol. The molecule has 1 aliphatic rings. The molecule has 0 saturated heterocycles. The van der Waals surface area contributed by atoms with E-state index >= 15 is 0 Å².